The molecular weight excluding hydrogens is 250 g/mol. The van der Waals surface area contributed by atoms with E-state index in [1.807, 2.05) is 0 Å². The highest BCUT2D eigenvalue weighted by Crippen LogP contribution is 2.17. The lowest BCUT2D eigenvalue weighted by Crippen LogP contribution is -2.11. The number of hydrogen-bond donors (Lipinski definition) is 0. The summed E-state index contributed by atoms with van der Waals surface area (Å²) in [5.74, 6) is -0.575. The molecule has 18 heavy (non-hydrogen) atoms. The Morgan fingerprint density at radius 1 is 1.17 bits per heavy atom. The number of Topliss-reactive ketones (excluding diaryl/α,β-unsaturated/α-hetero) is 1. The molecule has 0 aliphatic carbocycles. The van der Waals surface area contributed by atoms with Crippen molar-refractivity contribution in [3.63, 3.8) is 0 Å². The fourth-order valence-electron chi connectivity index (χ4n) is 1.45. The molecule has 0 saturated heterocycles. The van der Waals surface area contributed by atoms with E-state index < -0.39 is 16.4 Å². The molecule has 0 saturated carbocycles. The average molecular weight is 259 g/mol. The number of ketones is 1. The molecule has 2 rings (SSSR count). The quantitative estimate of drug-likeness (QED) is 0.366. The summed E-state index contributed by atoms with van der Waals surface area (Å²) < 4.78 is 0. The fraction of sp³-hybridized carbons (Fsp3) is 0. The zero-order chi connectivity index (χ0) is 13.0. The number of thiophene rings is 1. The molecule has 0 N–H and O–H groups in total. The molecule has 0 radical (unpaired) electrons. The van der Waals surface area contributed by atoms with Crippen LogP contribution in [-0.2, 0) is 0 Å². The van der Waals surface area contributed by atoms with Crippen molar-refractivity contribution in [1.82, 2.24) is 0 Å². The molecule has 2 aromatic rings. The third-order valence-corrected chi connectivity index (χ3v) is 3.11. The van der Waals surface area contributed by atoms with Gasteiger partial charge in [0.1, 0.15) is 0 Å². The second kappa shape index (κ2) is 5.37. The molecule has 0 aliphatic heterocycles. The first-order chi connectivity index (χ1) is 8.68. The molecule has 0 aliphatic rings. The van der Waals surface area contributed by atoms with Crippen molar-refractivity contribution >= 4 is 23.2 Å². The van der Waals surface area contributed by atoms with Crippen molar-refractivity contribution in [2.24, 2.45) is 0 Å². The van der Waals surface area contributed by atoms with E-state index in [2.05, 4.69) is 0 Å². The maximum atomic E-state index is 12.0. The molecule has 1 aromatic heterocycles. The molecule has 90 valence electrons. The van der Waals surface area contributed by atoms with Gasteiger partial charge in [-0.05, 0) is 11.4 Å². The van der Waals surface area contributed by atoms with Crippen LogP contribution in [0.1, 0.15) is 15.2 Å². The predicted octanol–water partition coefficient (Wildman–Crippen LogP) is 3.25. The van der Waals surface area contributed by atoms with Crippen molar-refractivity contribution < 1.29 is 9.72 Å². The van der Waals surface area contributed by atoms with E-state index in [4.69, 9.17) is 0 Å². The summed E-state index contributed by atoms with van der Waals surface area (Å²) >= 11 is 1.35. The van der Waals surface area contributed by atoms with Crippen LogP contribution in [-0.4, -0.2) is 10.7 Å². The van der Waals surface area contributed by atoms with Crippen LogP contribution in [0.2, 0.25) is 0 Å². The number of nitro groups is 1. The van der Waals surface area contributed by atoms with E-state index in [0.717, 1.165) is 0 Å². The van der Waals surface area contributed by atoms with E-state index in [0.29, 0.717) is 10.4 Å². The van der Waals surface area contributed by atoms with Gasteiger partial charge in [-0.15, -0.1) is 11.3 Å². The summed E-state index contributed by atoms with van der Waals surface area (Å²) in [6.45, 7) is 0. The maximum absolute atomic E-state index is 12.0. The normalized spacial score (nSPS) is 11.2. The highest BCUT2D eigenvalue weighted by molar-refractivity contribution is 7.10. The van der Waals surface area contributed by atoms with Gasteiger partial charge in [0, 0.05) is 16.5 Å². The lowest BCUT2D eigenvalue weighted by molar-refractivity contribution is -0.415. The van der Waals surface area contributed by atoms with Crippen LogP contribution in [0.4, 0.5) is 0 Å². The molecular formula is C13H9NO3S. The largest absolute Gasteiger partial charge is 0.318 e. The van der Waals surface area contributed by atoms with Crippen LogP contribution in [0, 0.1) is 10.1 Å². The van der Waals surface area contributed by atoms with E-state index in [-0.39, 0.29) is 0 Å². The molecule has 0 unspecified atom stereocenters. The topological polar surface area (TPSA) is 60.2 Å². The number of nitrogens with zero attached hydrogens (tertiary/aromatic N) is 1. The molecule has 0 amide bonds. The van der Waals surface area contributed by atoms with Crippen molar-refractivity contribution in [3.05, 3.63) is 74.1 Å². The van der Waals surface area contributed by atoms with E-state index in [1.54, 1.807) is 47.8 Å². The summed E-state index contributed by atoms with van der Waals surface area (Å²) in [6.07, 6.45) is 1.31. The Kier molecular flexibility index (Phi) is 3.64. The second-order valence-electron chi connectivity index (χ2n) is 3.50. The lowest BCUT2D eigenvalue weighted by atomic mass is 10.1. The molecule has 5 heteroatoms. The minimum absolute atomic E-state index is 0.317. The second-order valence-corrected chi connectivity index (χ2v) is 4.48. The fourth-order valence-corrected chi connectivity index (χ4v) is 2.10. The molecule has 0 bridgehead atoms. The van der Waals surface area contributed by atoms with Gasteiger partial charge in [0.2, 0.25) is 0 Å². The number of allylic oxidation sites excluding steroid dienone is 1. The van der Waals surface area contributed by atoms with Gasteiger partial charge in [-0.25, -0.2) is 0 Å². The van der Waals surface area contributed by atoms with Gasteiger partial charge in [-0.3, -0.25) is 14.9 Å². The summed E-state index contributed by atoms with van der Waals surface area (Å²) in [5, 5.41) is 12.8. The monoisotopic (exact) mass is 259 g/mol. The zero-order valence-corrected chi connectivity index (χ0v) is 10.1. The van der Waals surface area contributed by atoms with E-state index in [1.165, 1.54) is 17.4 Å². The predicted molar refractivity (Wildman–Crippen MR) is 70.1 cm³/mol. The first kappa shape index (κ1) is 12.2. The van der Waals surface area contributed by atoms with Crippen LogP contribution >= 0.6 is 11.3 Å². The van der Waals surface area contributed by atoms with Crippen LogP contribution in [0.25, 0.3) is 6.08 Å². The molecule has 1 heterocycles. The van der Waals surface area contributed by atoms with Crippen molar-refractivity contribution in [1.29, 1.82) is 0 Å². The number of benzene rings is 1. The Balaban J connectivity index is 2.38. The number of carbonyl (C=O) groups is 1. The Labute approximate surface area is 107 Å². The first-order valence-corrected chi connectivity index (χ1v) is 6.06. The first-order valence-electron chi connectivity index (χ1n) is 5.18. The highest BCUT2D eigenvalue weighted by Gasteiger charge is 2.23. The third kappa shape index (κ3) is 2.70. The summed E-state index contributed by atoms with van der Waals surface area (Å²) in [5.41, 5.74) is -0.0966. The Hall–Kier alpha value is -2.27. The highest BCUT2D eigenvalue weighted by atomic mass is 32.1. The van der Waals surface area contributed by atoms with Crippen LogP contribution in [0.15, 0.2) is 53.5 Å². The van der Waals surface area contributed by atoms with Gasteiger partial charge >= 0.3 is 5.70 Å². The average Bonchev–Trinajstić information content (AvgIpc) is 2.89. The standard InChI is InChI=1S/C13H9NO3S/c15-13(10-5-2-1-3-6-10)12(14(16)17)9-11-7-4-8-18-11/h1-9H. The van der Waals surface area contributed by atoms with Crippen molar-refractivity contribution in [2.75, 3.05) is 0 Å². The zero-order valence-electron chi connectivity index (χ0n) is 9.28. The maximum Gasteiger partial charge on any atom is 0.318 e. The minimum Gasteiger partial charge on any atom is -0.282 e. The summed E-state index contributed by atoms with van der Waals surface area (Å²) in [6, 6.07) is 11.7. The third-order valence-electron chi connectivity index (χ3n) is 2.29. The summed E-state index contributed by atoms with van der Waals surface area (Å²) in [7, 11) is 0. The smallest absolute Gasteiger partial charge is 0.282 e. The SMILES string of the molecule is O=C(C(=Cc1cccs1)[N+](=O)[O-])c1ccccc1. The van der Waals surface area contributed by atoms with E-state index >= 15 is 0 Å². The number of carbonyl (C=O) groups excluding carboxylic acids is 1. The molecule has 0 spiro atoms. The minimum atomic E-state index is -0.644. The number of hydrogen-bond acceptors (Lipinski definition) is 4. The number of rotatable bonds is 4. The van der Waals surface area contributed by atoms with Gasteiger partial charge in [0.05, 0.1) is 4.92 Å². The molecule has 0 fully saturated rings. The van der Waals surface area contributed by atoms with Crippen molar-refractivity contribution in [3.8, 4) is 0 Å². The van der Waals surface area contributed by atoms with Gasteiger partial charge in [0.25, 0.3) is 5.78 Å². The lowest BCUT2D eigenvalue weighted by Gasteiger charge is -1.98. The van der Waals surface area contributed by atoms with Gasteiger partial charge in [0.15, 0.2) is 0 Å². The van der Waals surface area contributed by atoms with Gasteiger partial charge in [-0.1, -0.05) is 36.4 Å². The van der Waals surface area contributed by atoms with Crippen LogP contribution in [0.3, 0.4) is 0 Å². The Morgan fingerprint density at radius 3 is 2.44 bits per heavy atom. The van der Waals surface area contributed by atoms with E-state index in [9.17, 15) is 14.9 Å². The van der Waals surface area contributed by atoms with Crippen LogP contribution in [0.5, 0.6) is 0 Å². The van der Waals surface area contributed by atoms with Gasteiger partial charge in [-0.2, -0.15) is 0 Å². The van der Waals surface area contributed by atoms with Gasteiger partial charge < -0.3 is 0 Å². The van der Waals surface area contributed by atoms with Crippen molar-refractivity contribution in [2.45, 2.75) is 0 Å². The Bertz CT molecular complexity index is 588. The Morgan fingerprint density at radius 2 is 1.89 bits per heavy atom. The van der Waals surface area contributed by atoms with Crippen LogP contribution < -0.4 is 0 Å². The molecule has 0 atom stereocenters. The summed E-state index contributed by atoms with van der Waals surface area (Å²) in [4.78, 5) is 23.0. The molecule has 1 aromatic carbocycles. The molecule has 4 nitrogen and oxygen atoms in total.